The van der Waals surface area contributed by atoms with Crippen molar-refractivity contribution in [1.29, 1.82) is 0 Å². The van der Waals surface area contributed by atoms with E-state index in [0.717, 1.165) is 35.7 Å². The Balaban J connectivity index is 0.00000341. The van der Waals surface area contributed by atoms with Gasteiger partial charge in [-0.1, -0.05) is 24.3 Å². The van der Waals surface area contributed by atoms with Gasteiger partial charge in [-0.25, -0.2) is 0 Å². The fraction of sp³-hybridized carbons (Fsp3) is 0.417. The van der Waals surface area contributed by atoms with E-state index in [1.54, 1.807) is 14.1 Å². The highest BCUT2D eigenvalue weighted by Gasteiger charge is 2.18. The van der Waals surface area contributed by atoms with Crippen molar-refractivity contribution in [3.63, 3.8) is 0 Å². The van der Waals surface area contributed by atoms with Crippen molar-refractivity contribution in [2.24, 2.45) is 4.99 Å². The maximum absolute atomic E-state index is 11.6. The number of rotatable bonds is 7. The minimum Gasteiger partial charge on any atom is -0.490 e. The number of hydrogen-bond acceptors (Lipinski definition) is 3. The molecule has 0 aliphatic heterocycles. The first-order valence-electron chi connectivity index (χ1n) is 10.6. The van der Waals surface area contributed by atoms with Gasteiger partial charge in [0, 0.05) is 38.3 Å². The molecule has 3 N–H and O–H groups in total. The first-order chi connectivity index (χ1) is 14.6. The van der Waals surface area contributed by atoms with E-state index in [4.69, 9.17) is 4.74 Å². The van der Waals surface area contributed by atoms with E-state index in [1.807, 2.05) is 24.3 Å². The van der Waals surface area contributed by atoms with E-state index in [0.29, 0.717) is 24.8 Å². The molecule has 0 unspecified atom stereocenters. The second-order valence-electron chi connectivity index (χ2n) is 7.69. The van der Waals surface area contributed by atoms with Gasteiger partial charge in [0.1, 0.15) is 5.75 Å². The molecule has 1 amide bonds. The van der Waals surface area contributed by atoms with E-state index in [2.05, 4.69) is 46.1 Å². The largest absolute Gasteiger partial charge is 0.490 e. The molecule has 0 radical (unpaired) electrons. The Labute approximate surface area is 202 Å². The Hall–Kier alpha value is -2.29. The van der Waals surface area contributed by atoms with Crippen LogP contribution in [0.4, 0.5) is 0 Å². The minimum atomic E-state index is -0.0827. The standard InChI is InChI=1S/C24H32N4O2.HI/c1-17-8-11-20(22(14-17)30-21-6-4-5-7-21)16-28-24(26-3)27-15-18-9-12-19(13-10-18)23(29)25-2;/h8-14,21H,4-7,15-16H2,1-3H3,(H,25,29)(H2,26,27,28);1H. The first kappa shape index (κ1) is 25.0. The number of halogens is 1. The average Bonchev–Trinajstić information content (AvgIpc) is 3.28. The lowest BCUT2D eigenvalue weighted by Crippen LogP contribution is -2.36. The summed E-state index contributed by atoms with van der Waals surface area (Å²) in [5.74, 6) is 1.60. The lowest BCUT2D eigenvalue weighted by atomic mass is 10.1. The Bertz CT molecular complexity index is 878. The zero-order valence-corrected chi connectivity index (χ0v) is 20.9. The van der Waals surface area contributed by atoms with E-state index in [-0.39, 0.29) is 29.9 Å². The molecule has 1 fully saturated rings. The topological polar surface area (TPSA) is 74.8 Å². The molecule has 168 valence electrons. The van der Waals surface area contributed by atoms with Crippen LogP contribution in [0.5, 0.6) is 5.75 Å². The molecule has 0 saturated heterocycles. The lowest BCUT2D eigenvalue weighted by molar-refractivity contribution is 0.0963. The number of nitrogens with one attached hydrogen (secondary N) is 3. The SMILES string of the molecule is CN=C(NCc1ccc(C(=O)NC)cc1)NCc1ccc(C)cc1OC1CCCC1.I. The number of ether oxygens (including phenoxy) is 1. The van der Waals surface area contributed by atoms with Crippen LogP contribution in [-0.2, 0) is 13.1 Å². The summed E-state index contributed by atoms with van der Waals surface area (Å²) in [6.07, 6.45) is 5.13. The van der Waals surface area contributed by atoms with Gasteiger partial charge in [0.05, 0.1) is 6.10 Å². The number of nitrogens with zero attached hydrogens (tertiary/aromatic N) is 1. The van der Waals surface area contributed by atoms with Gasteiger partial charge in [-0.2, -0.15) is 0 Å². The van der Waals surface area contributed by atoms with Crippen molar-refractivity contribution < 1.29 is 9.53 Å². The van der Waals surface area contributed by atoms with Gasteiger partial charge < -0.3 is 20.7 Å². The zero-order chi connectivity index (χ0) is 21.3. The number of guanidine groups is 1. The Kier molecular flexibility index (Phi) is 10.1. The number of aliphatic imine (C=N–C) groups is 1. The van der Waals surface area contributed by atoms with E-state index < -0.39 is 0 Å². The number of benzene rings is 2. The van der Waals surface area contributed by atoms with Crippen molar-refractivity contribution in [3.8, 4) is 5.75 Å². The Morgan fingerprint density at radius 3 is 2.39 bits per heavy atom. The fourth-order valence-corrected chi connectivity index (χ4v) is 3.61. The molecule has 1 aliphatic rings. The molecule has 7 heteroatoms. The number of carbonyl (C=O) groups excluding carboxylic acids is 1. The third kappa shape index (κ3) is 7.41. The summed E-state index contributed by atoms with van der Waals surface area (Å²) in [5.41, 5.74) is 4.06. The van der Waals surface area contributed by atoms with Gasteiger partial charge in [-0.05, 0) is 61.9 Å². The van der Waals surface area contributed by atoms with Gasteiger partial charge in [0.25, 0.3) is 5.91 Å². The molecule has 0 aromatic heterocycles. The zero-order valence-electron chi connectivity index (χ0n) is 18.5. The molecule has 3 rings (SSSR count). The predicted molar refractivity (Wildman–Crippen MR) is 136 cm³/mol. The summed E-state index contributed by atoms with van der Waals surface area (Å²) in [6.45, 7) is 3.35. The molecule has 31 heavy (non-hydrogen) atoms. The monoisotopic (exact) mass is 536 g/mol. The van der Waals surface area contributed by atoms with Crippen LogP contribution < -0.4 is 20.7 Å². The fourth-order valence-electron chi connectivity index (χ4n) is 3.61. The molecular formula is C24H33IN4O2. The lowest BCUT2D eigenvalue weighted by Gasteiger charge is -2.18. The Morgan fingerprint density at radius 1 is 1.06 bits per heavy atom. The number of amides is 1. The molecule has 6 nitrogen and oxygen atoms in total. The van der Waals surface area contributed by atoms with Crippen molar-refractivity contribution in [2.75, 3.05) is 14.1 Å². The summed E-state index contributed by atoms with van der Waals surface area (Å²) in [6, 6.07) is 13.9. The molecule has 1 saturated carbocycles. The van der Waals surface area contributed by atoms with Gasteiger partial charge in [0.15, 0.2) is 5.96 Å². The molecule has 1 aliphatic carbocycles. The molecule has 2 aromatic carbocycles. The van der Waals surface area contributed by atoms with Crippen LogP contribution in [-0.4, -0.2) is 32.1 Å². The predicted octanol–water partition coefficient (Wildman–Crippen LogP) is 4.16. The van der Waals surface area contributed by atoms with Crippen molar-refractivity contribution in [3.05, 3.63) is 64.7 Å². The summed E-state index contributed by atoms with van der Waals surface area (Å²) in [4.78, 5) is 16.0. The van der Waals surface area contributed by atoms with Gasteiger partial charge in [0.2, 0.25) is 0 Å². The maximum atomic E-state index is 11.6. The van der Waals surface area contributed by atoms with Gasteiger partial charge in [-0.3, -0.25) is 9.79 Å². The summed E-state index contributed by atoms with van der Waals surface area (Å²) in [7, 11) is 3.39. The van der Waals surface area contributed by atoms with Crippen LogP contribution in [0.15, 0.2) is 47.5 Å². The smallest absolute Gasteiger partial charge is 0.251 e. The molecule has 0 atom stereocenters. The Morgan fingerprint density at radius 2 is 1.74 bits per heavy atom. The third-order valence-electron chi connectivity index (χ3n) is 5.39. The third-order valence-corrected chi connectivity index (χ3v) is 5.39. The number of hydrogen-bond donors (Lipinski definition) is 3. The van der Waals surface area contributed by atoms with E-state index >= 15 is 0 Å². The van der Waals surface area contributed by atoms with Crippen LogP contribution in [0.25, 0.3) is 0 Å². The summed E-state index contributed by atoms with van der Waals surface area (Å²) in [5, 5.41) is 9.32. The quantitative estimate of drug-likeness (QED) is 0.282. The highest BCUT2D eigenvalue weighted by atomic mass is 127. The molecule has 0 heterocycles. The van der Waals surface area contributed by atoms with Gasteiger partial charge >= 0.3 is 0 Å². The number of carbonyl (C=O) groups is 1. The van der Waals surface area contributed by atoms with Crippen LogP contribution >= 0.6 is 24.0 Å². The highest BCUT2D eigenvalue weighted by Crippen LogP contribution is 2.27. The molecule has 0 bridgehead atoms. The summed E-state index contributed by atoms with van der Waals surface area (Å²) >= 11 is 0. The summed E-state index contributed by atoms with van der Waals surface area (Å²) < 4.78 is 6.29. The minimum absolute atomic E-state index is 0. The first-order valence-corrected chi connectivity index (χ1v) is 10.6. The molecule has 2 aromatic rings. The van der Waals surface area contributed by atoms with E-state index in [9.17, 15) is 4.79 Å². The average molecular weight is 536 g/mol. The van der Waals surface area contributed by atoms with Crippen LogP contribution in [0.3, 0.4) is 0 Å². The van der Waals surface area contributed by atoms with Crippen LogP contribution in [0.1, 0.15) is 52.7 Å². The van der Waals surface area contributed by atoms with Gasteiger partial charge in [-0.15, -0.1) is 24.0 Å². The maximum Gasteiger partial charge on any atom is 0.251 e. The van der Waals surface area contributed by atoms with Crippen molar-refractivity contribution in [1.82, 2.24) is 16.0 Å². The van der Waals surface area contributed by atoms with Crippen LogP contribution in [0.2, 0.25) is 0 Å². The molecule has 0 spiro atoms. The molecular weight excluding hydrogens is 503 g/mol. The number of aryl methyl sites for hydroxylation is 1. The second-order valence-corrected chi connectivity index (χ2v) is 7.69. The van der Waals surface area contributed by atoms with Crippen molar-refractivity contribution in [2.45, 2.75) is 51.8 Å². The second kappa shape index (κ2) is 12.5. The van der Waals surface area contributed by atoms with E-state index in [1.165, 1.54) is 18.4 Å². The highest BCUT2D eigenvalue weighted by molar-refractivity contribution is 14.0. The van der Waals surface area contributed by atoms with Crippen LogP contribution in [0, 0.1) is 6.92 Å². The normalized spacial score (nSPS) is 14.0. The van der Waals surface area contributed by atoms with Crippen molar-refractivity contribution >= 4 is 35.8 Å².